The lowest BCUT2D eigenvalue weighted by atomic mass is 9.81. The van der Waals surface area contributed by atoms with E-state index >= 15 is 0 Å². The standard InChI is InChI=1S/C20H19N/c1-14-13-21(15-9-5-4-6-10-15)19-16-11-7-8-12-17(16)20(2,3)18(14)19/h4-13H,1-3H3. The molecule has 0 radical (unpaired) electrons. The van der Waals surface area contributed by atoms with Crippen molar-refractivity contribution in [3.05, 3.63) is 77.5 Å². The average Bonchev–Trinajstić information content (AvgIpc) is 2.96. The van der Waals surface area contributed by atoms with Crippen LogP contribution in [0, 0.1) is 6.92 Å². The Balaban J connectivity index is 2.09. The van der Waals surface area contributed by atoms with Crippen molar-refractivity contribution in [1.82, 2.24) is 4.57 Å². The van der Waals surface area contributed by atoms with Crippen LogP contribution < -0.4 is 0 Å². The molecule has 3 aromatic rings. The van der Waals surface area contributed by atoms with Gasteiger partial charge in [0, 0.05) is 22.9 Å². The van der Waals surface area contributed by atoms with E-state index in [4.69, 9.17) is 0 Å². The number of para-hydroxylation sites is 1. The van der Waals surface area contributed by atoms with Crippen LogP contribution in [0.5, 0.6) is 0 Å². The summed E-state index contributed by atoms with van der Waals surface area (Å²) in [4.78, 5) is 0. The summed E-state index contributed by atoms with van der Waals surface area (Å²) in [5.74, 6) is 0. The molecule has 1 aliphatic rings. The Morgan fingerprint density at radius 1 is 0.857 bits per heavy atom. The molecule has 0 spiro atoms. The first kappa shape index (κ1) is 12.5. The summed E-state index contributed by atoms with van der Waals surface area (Å²) in [5, 5.41) is 0. The number of benzene rings is 2. The summed E-state index contributed by atoms with van der Waals surface area (Å²) >= 11 is 0. The van der Waals surface area contributed by atoms with Crippen molar-refractivity contribution in [2.75, 3.05) is 0 Å². The first-order chi connectivity index (χ1) is 10.1. The highest BCUT2D eigenvalue weighted by molar-refractivity contribution is 5.81. The second-order valence-corrected chi connectivity index (χ2v) is 6.41. The largest absolute Gasteiger partial charge is 0.316 e. The van der Waals surface area contributed by atoms with Crippen molar-refractivity contribution in [2.24, 2.45) is 0 Å². The monoisotopic (exact) mass is 273 g/mol. The van der Waals surface area contributed by atoms with Gasteiger partial charge in [-0.25, -0.2) is 0 Å². The third kappa shape index (κ3) is 1.58. The molecule has 1 nitrogen and oxygen atoms in total. The molecule has 2 aromatic carbocycles. The van der Waals surface area contributed by atoms with Gasteiger partial charge < -0.3 is 4.57 Å². The highest BCUT2D eigenvalue weighted by atomic mass is 15.0. The molecule has 21 heavy (non-hydrogen) atoms. The van der Waals surface area contributed by atoms with Gasteiger partial charge in [-0.05, 0) is 35.7 Å². The number of fused-ring (bicyclic) bond motifs is 3. The first-order valence-corrected chi connectivity index (χ1v) is 7.48. The fourth-order valence-electron chi connectivity index (χ4n) is 3.84. The van der Waals surface area contributed by atoms with E-state index in [2.05, 4.69) is 86.1 Å². The Morgan fingerprint density at radius 2 is 1.52 bits per heavy atom. The number of nitrogens with zero attached hydrogens (tertiary/aromatic N) is 1. The maximum absolute atomic E-state index is 2.35. The summed E-state index contributed by atoms with van der Waals surface area (Å²) in [7, 11) is 0. The molecule has 0 aliphatic heterocycles. The molecule has 0 fully saturated rings. The zero-order chi connectivity index (χ0) is 14.6. The maximum atomic E-state index is 2.35. The van der Waals surface area contributed by atoms with Crippen molar-refractivity contribution in [3.63, 3.8) is 0 Å². The van der Waals surface area contributed by atoms with Crippen molar-refractivity contribution in [1.29, 1.82) is 0 Å². The highest BCUT2D eigenvalue weighted by Gasteiger charge is 2.39. The van der Waals surface area contributed by atoms with E-state index in [1.54, 1.807) is 0 Å². The molecule has 4 rings (SSSR count). The normalized spacial score (nSPS) is 14.8. The predicted octanol–water partition coefficient (Wildman–Crippen LogP) is 5.09. The molecule has 1 aromatic heterocycles. The zero-order valence-corrected chi connectivity index (χ0v) is 12.7. The second kappa shape index (κ2) is 4.11. The summed E-state index contributed by atoms with van der Waals surface area (Å²) < 4.78 is 2.35. The third-order valence-corrected chi connectivity index (χ3v) is 4.71. The van der Waals surface area contributed by atoms with Gasteiger partial charge in [0.25, 0.3) is 0 Å². The molecule has 1 heterocycles. The van der Waals surface area contributed by atoms with E-state index in [1.807, 2.05) is 0 Å². The Bertz CT molecular complexity index is 822. The van der Waals surface area contributed by atoms with Crippen molar-refractivity contribution in [2.45, 2.75) is 26.2 Å². The topological polar surface area (TPSA) is 4.93 Å². The van der Waals surface area contributed by atoms with Crippen LogP contribution in [0.4, 0.5) is 0 Å². The third-order valence-electron chi connectivity index (χ3n) is 4.71. The zero-order valence-electron chi connectivity index (χ0n) is 12.7. The Hall–Kier alpha value is -2.28. The maximum Gasteiger partial charge on any atom is 0.0575 e. The average molecular weight is 273 g/mol. The van der Waals surface area contributed by atoms with E-state index in [-0.39, 0.29) is 5.41 Å². The molecule has 1 aliphatic carbocycles. The van der Waals surface area contributed by atoms with Crippen LogP contribution in [0.1, 0.15) is 30.5 Å². The minimum absolute atomic E-state index is 0.0794. The lowest BCUT2D eigenvalue weighted by Crippen LogP contribution is -2.15. The second-order valence-electron chi connectivity index (χ2n) is 6.41. The number of rotatable bonds is 1. The molecule has 0 saturated carbocycles. The molecule has 0 unspecified atom stereocenters. The first-order valence-electron chi connectivity index (χ1n) is 7.48. The summed E-state index contributed by atoms with van der Waals surface area (Å²) in [6.07, 6.45) is 2.28. The molecule has 0 N–H and O–H groups in total. The van der Waals surface area contributed by atoms with Crippen molar-refractivity contribution >= 4 is 0 Å². The van der Waals surface area contributed by atoms with Gasteiger partial charge in [-0.15, -0.1) is 0 Å². The van der Waals surface area contributed by atoms with Crippen LogP contribution in [0.15, 0.2) is 60.8 Å². The Kier molecular flexibility index (Phi) is 2.44. The Morgan fingerprint density at radius 3 is 2.29 bits per heavy atom. The van der Waals surface area contributed by atoms with Gasteiger partial charge in [0.2, 0.25) is 0 Å². The summed E-state index contributed by atoms with van der Waals surface area (Å²) in [6.45, 7) is 6.89. The number of aryl methyl sites for hydroxylation is 1. The van der Waals surface area contributed by atoms with Crippen LogP contribution in [0.2, 0.25) is 0 Å². The minimum Gasteiger partial charge on any atom is -0.316 e. The predicted molar refractivity (Wildman–Crippen MR) is 88.1 cm³/mol. The summed E-state index contributed by atoms with van der Waals surface area (Å²) in [5.41, 5.74) is 8.31. The summed E-state index contributed by atoms with van der Waals surface area (Å²) in [6, 6.07) is 19.4. The fraction of sp³-hybridized carbons (Fsp3) is 0.200. The van der Waals surface area contributed by atoms with Gasteiger partial charge in [0.15, 0.2) is 0 Å². The number of hydrogen-bond donors (Lipinski definition) is 0. The van der Waals surface area contributed by atoms with Gasteiger partial charge in [0.1, 0.15) is 0 Å². The molecular weight excluding hydrogens is 254 g/mol. The molecule has 0 bridgehead atoms. The molecule has 104 valence electrons. The Labute approximate surface area is 125 Å². The molecule has 0 amide bonds. The van der Waals surface area contributed by atoms with Gasteiger partial charge >= 0.3 is 0 Å². The SMILES string of the molecule is Cc1cn(-c2ccccc2)c2c1C(C)(C)c1ccccc1-2. The van der Waals surface area contributed by atoms with Crippen LogP contribution in [0.3, 0.4) is 0 Å². The van der Waals surface area contributed by atoms with Crippen LogP contribution in [0.25, 0.3) is 16.9 Å². The van der Waals surface area contributed by atoms with Crippen LogP contribution in [-0.2, 0) is 5.41 Å². The molecular formula is C20H19N. The fourth-order valence-corrected chi connectivity index (χ4v) is 3.84. The number of hydrogen-bond acceptors (Lipinski definition) is 0. The quantitative estimate of drug-likeness (QED) is 0.582. The lowest BCUT2D eigenvalue weighted by molar-refractivity contribution is 0.657. The molecule has 0 saturated heterocycles. The number of aromatic nitrogens is 1. The van der Waals surface area contributed by atoms with Gasteiger partial charge in [-0.1, -0.05) is 56.3 Å². The highest BCUT2D eigenvalue weighted by Crippen LogP contribution is 2.51. The smallest absolute Gasteiger partial charge is 0.0575 e. The van der Waals surface area contributed by atoms with E-state index in [9.17, 15) is 0 Å². The van der Waals surface area contributed by atoms with Gasteiger partial charge in [-0.3, -0.25) is 0 Å². The van der Waals surface area contributed by atoms with E-state index in [0.29, 0.717) is 0 Å². The minimum atomic E-state index is 0.0794. The van der Waals surface area contributed by atoms with E-state index in [1.165, 1.54) is 33.6 Å². The van der Waals surface area contributed by atoms with E-state index < -0.39 is 0 Å². The van der Waals surface area contributed by atoms with Crippen LogP contribution in [-0.4, -0.2) is 4.57 Å². The van der Waals surface area contributed by atoms with Crippen molar-refractivity contribution in [3.8, 4) is 16.9 Å². The molecule has 0 atom stereocenters. The van der Waals surface area contributed by atoms with Gasteiger partial charge in [-0.2, -0.15) is 0 Å². The lowest BCUT2D eigenvalue weighted by Gasteiger charge is -2.21. The van der Waals surface area contributed by atoms with Crippen LogP contribution >= 0.6 is 0 Å². The van der Waals surface area contributed by atoms with E-state index in [0.717, 1.165) is 0 Å². The molecule has 1 heteroatoms. The van der Waals surface area contributed by atoms with Crippen molar-refractivity contribution < 1.29 is 0 Å². The van der Waals surface area contributed by atoms with Gasteiger partial charge in [0.05, 0.1) is 5.69 Å².